The van der Waals surface area contributed by atoms with Crippen LogP contribution in [0, 0.1) is 10.7 Å². The fraction of sp³-hybridized carbons (Fsp3) is 0.154. The number of amides is 3. The second-order valence-corrected chi connectivity index (χ2v) is 7.42. The van der Waals surface area contributed by atoms with Crippen molar-refractivity contribution in [1.82, 2.24) is 0 Å². The number of nitrogens with zero attached hydrogens (tertiary/aromatic N) is 1. The molecule has 6 nitrogen and oxygen atoms in total. The van der Waals surface area contributed by atoms with E-state index in [0.717, 1.165) is 0 Å². The third-order valence-corrected chi connectivity index (χ3v) is 5.93. The molecule has 3 amide bonds. The van der Waals surface area contributed by atoms with Crippen molar-refractivity contribution in [2.45, 2.75) is 6.92 Å². The number of carbonyl (C=O) groups is 3. The fourth-order valence-electron chi connectivity index (χ4n) is 1.83. The first-order chi connectivity index (χ1) is 10.1. The molecule has 4 N–H and O–H groups in total. The van der Waals surface area contributed by atoms with Crippen molar-refractivity contribution >= 4 is 91.2 Å². The van der Waals surface area contributed by atoms with Gasteiger partial charge < -0.3 is 16.4 Å². The first kappa shape index (κ1) is 19.6. The molecule has 1 aromatic rings. The second-order valence-electron chi connectivity index (χ2n) is 4.19. The highest BCUT2D eigenvalue weighted by Crippen LogP contribution is 2.37. The molecule has 0 spiro atoms. The Hall–Kier alpha value is -0.440. The Morgan fingerprint density at radius 1 is 1.05 bits per heavy atom. The lowest BCUT2D eigenvalue weighted by atomic mass is 10.1. The smallest absolute Gasteiger partial charge is 0.250 e. The summed E-state index contributed by atoms with van der Waals surface area (Å²) in [5.41, 5.74) is 11.7. The summed E-state index contributed by atoms with van der Waals surface area (Å²) in [7, 11) is 0. The van der Waals surface area contributed by atoms with Gasteiger partial charge in [-0.05, 0) is 67.8 Å². The van der Waals surface area contributed by atoms with Crippen LogP contribution in [0.5, 0.6) is 0 Å². The zero-order valence-corrected chi connectivity index (χ0v) is 17.9. The van der Waals surface area contributed by atoms with Crippen LogP contribution in [-0.2, 0) is 4.79 Å². The van der Waals surface area contributed by atoms with Gasteiger partial charge in [0.1, 0.15) is 0 Å². The molecule has 9 heteroatoms. The molecule has 0 saturated carbocycles. The predicted octanol–water partition coefficient (Wildman–Crippen LogP) is 2.24. The van der Waals surface area contributed by atoms with E-state index in [-0.39, 0.29) is 23.6 Å². The number of rotatable bonds is 5. The summed E-state index contributed by atoms with van der Waals surface area (Å²) in [5, 5.41) is 0. The van der Waals surface area contributed by atoms with Crippen molar-refractivity contribution in [3.8, 4) is 0 Å². The Balaban J connectivity index is 3.91. The van der Waals surface area contributed by atoms with Gasteiger partial charge in [-0.2, -0.15) is 0 Å². The number of anilines is 1. The van der Waals surface area contributed by atoms with Crippen LogP contribution in [0.1, 0.15) is 27.6 Å². The molecule has 0 saturated heterocycles. The quantitative estimate of drug-likeness (QED) is 0.382. The summed E-state index contributed by atoms with van der Waals surface area (Å²) in [6.45, 7) is 5.24. The van der Waals surface area contributed by atoms with Crippen LogP contribution in [-0.4, -0.2) is 24.3 Å². The molecule has 0 radical (unpaired) electrons. The normalized spacial score (nSPS) is 10.2. The van der Waals surface area contributed by atoms with Gasteiger partial charge in [-0.1, -0.05) is 6.08 Å². The molecule has 0 aliphatic carbocycles. The van der Waals surface area contributed by atoms with Gasteiger partial charge in [0.05, 0.1) is 24.0 Å². The molecular weight excluding hydrogens is 627 g/mol. The Bertz CT molecular complexity index is 648. The van der Waals surface area contributed by atoms with E-state index in [1.54, 1.807) is 6.08 Å². The lowest BCUT2D eigenvalue weighted by Crippen LogP contribution is -2.33. The maximum atomic E-state index is 11.9. The summed E-state index contributed by atoms with van der Waals surface area (Å²) in [5.74, 6) is -1.62. The third-order valence-electron chi connectivity index (χ3n) is 2.75. The van der Waals surface area contributed by atoms with E-state index < -0.39 is 11.8 Å². The minimum Gasteiger partial charge on any atom is -0.366 e. The molecule has 118 valence electrons. The molecule has 0 aliphatic rings. The summed E-state index contributed by atoms with van der Waals surface area (Å²) in [6.07, 6.45) is 1.55. The van der Waals surface area contributed by atoms with Crippen LogP contribution >= 0.6 is 67.8 Å². The molecular formula is C13H12I3N3O3. The van der Waals surface area contributed by atoms with E-state index in [2.05, 4.69) is 6.58 Å². The zero-order valence-electron chi connectivity index (χ0n) is 11.5. The van der Waals surface area contributed by atoms with Crippen molar-refractivity contribution in [2.24, 2.45) is 11.5 Å². The fourth-order valence-corrected chi connectivity index (χ4v) is 6.64. The third kappa shape index (κ3) is 3.72. The lowest BCUT2D eigenvalue weighted by molar-refractivity contribution is -0.116. The van der Waals surface area contributed by atoms with Crippen LogP contribution in [0.15, 0.2) is 12.7 Å². The highest BCUT2D eigenvalue weighted by Gasteiger charge is 2.29. The first-order valence-corrected chi connectivity index (χ1v) is 9.07. The van der Waals surface area contributed by atoms with E-state index in [9.17, 15) is 14.4 Å². The summed E-state index contributed by atoms with van der Waals surface area (Å²) >= 11 is 5.76. The number of nitrogens with two attached hydrogens (primary N) is 2. The van der Waals surface area contributed by atoms with Crippen molar-refractivity contribution < 1.29 is 14.4 Å². The average Bonchev–Trinajstić information content (AvgIpc) is 2.36. The van der Waals surface area contributed by atoms with Gasteiger partial charge >= 0.3 is 0 Å². The zero-order chi connectivity index (χ0) is 17.2. The van der Waals surface area contributed by atoms with Crippen LogP contribution < -0.4 is 16.4 Å². The van der Waals surface area contributed by atoms with E-state index in [1.165, 1.54) is 11.8 Å². The van der Waals surface area contributed by atoms with Crippen LogP contribution in [0.2, 0.25) is 0 Å². The topological polar surface area (TPSA) is 106 Å². The van der Waals surface area contributed by atoms with Gasteiger partial charge in [0.15, 0.2) is 0 Å². The minimum absolute atomic E-state index is 0.181. The second kappa shape index (κ2) is 7.90. The maximum Gasteiger partial charge on any atom is 0.250 e. The molecule has 1 rings (SSSR count). The molecule has 0 atom stereocenters. The van der Waals surface area contributed by atoms with Crippen molar-refractivity contribution in [2.75, 3.05) is 11.4 Å². The molecule has 22 heavy (non-hydrogen) atoms. The van der Waals surface area contributed by atoms with E-state index >= 15 is 0 Å². The first-order valence-electron chi connectivity index (χ1n) is 5.84. The molecule has 0 aromatic heterocycles. The van der Waals surface area contributed by atoms with Gasteiger partial charge in [0.25, 0.3) is 11.8 Å². The standard InChI is InChI=1S/C13H12I3N3O3/c1-3-4-19(5(2)20)11-9(15)6(12(17)21)8(14)7(10(11)16)13(18)22/h3H,1,4H2,2H3,(H2,17,21)(H2,18,22). The van der Waals surface area contributed by atoms with Crippen molar-refractivity contribution in [1.29, 1.82) is 0 Å². The SMILES string of the molecule is C=CCN(C(C)=O)c1c(I)c(C(N)=O)c(I)c(C(N)=O)c1I. The van der Waals surface area contributed by atoms with Crippen LogP contribution in [0.25, 0.3) is 0 Å². The highest BCUT2D eigenvalue weighted by atomic mass is 127. The van der Waals surface area contributed by atoms with Crippen molar-refractivity contribution in [3.05, 3.63) is 34.5 Å². The van der Waals surface area contributed by atoms with Crippen LogP contribution in [0.3, 0.4) is 0 Å². The van der Waals surface area contributed by atoms with Crippen molar-refractivity contribution in [3.63, 3.8) is 0 Å². The van der Waals surface area contributed by atoms with Gasteiger partial charge in [0.2, 0.25) is 5.91 Å². The summed E-state index contributed by atoms with van der Waals surface area (Å²) in [4.78, 5) is 36.9. The minimum atomic E-state index is -0.684. The summed E-state index contributed by atoms with van der Waals surface area (Å²) in [6, 6.07) is 0. The Kier molecular flexibility index (Phi) is 7.04. The van der Waals surface area contributed by atoms with Crippen LogP contribution in [0.4, 0.5) is 5.69 Å². The summed E-state index contributed by atoms with van der Waals surface area (Å²) < 4.78 is 1.39. The Morgan fingerprint density at radius 2 is 1.45 bits per heavy atom. The number of hydrogen-bond acceptors (Lipinski definition) is 3. The van der Waals surface area contributed by atoms with Gasteiger partial charge in [-0.25, -0.2) is 0 Å². The molecule has 1 aromatic carbocycles. The molecule has 0 heterocycles. The molecule has 0 fully saturated rings. The number of hydrogen-bond donors (Lipinski definition) is 2. The van der Waals surface area contributed by atoms with E-state index in [4.69, 9.17) is 11.5 Å². The molecule has 0 aliphatic heterocycles. The number of benzene rings is 1. The Morgan fingerprint density at radius 3 is 1.73 bits per heavy atom. The Labute approximate surface area is 168 Å². The van der Waals surface area contributed by atoms with Gasteiger partial charge in [-0.3, -0.25) is 14.4 Å². The molecule has 0 unspecified atom stereocenters. The molecule has 0 bridgehead atoms. The van der Waals surface area contributed by atoms with Gasteiger partial charge in [0, 0.05) is 17.0 Å². The maximum absolute atomic E-state index is 11.9. The predicted molar refractivity (Wildman–Crippen MR) is 110 cm³/mol. The highest BCUT2D eigenvalue weighted by molar-refractivity contribution is 14.1. The number of primary amides is 2. The monoisotopic (exact) mass is 639 g/mol. The largest absolute Gasteiger partial charge is 0.366 e. The average molecular weight is 639 g/mol. The van der Waals surface area contributed by atoms with Gasteiger partial charge in [-0.15, -0.1) is 6.58 Å². The lowest BCUT2D eigenvalue weighted by Gasteiger charge is -2.25. The van der Waals surface area contributed by atoms with E-state index in [0.29, 0.717) is 16.4 Å². The number of carbonyl (C=O) groups excluding carboxylic acids is 3. The number of halogens is 3. The van der Waals surface area contributed by atoms with E-state index in [1.807, 2.05) is 67.8 Å².